The molecule has 1 saturated heterocycles. The number of hydrogen-bond acceptors (Lipinski definition) is 3. The van der Waals surface area contributed by atoms with Crippen LogP contribution in [0.5, 0.6) is 0 Å². The first-order valence-corrected chi connectivity index (χ1v) is 7.41. The minimum Gasteiger partial charge on any atom is -0.381 e. The summed E-state index contributed by atoms with van der Waals surface area (Å²) in [6.07, 6.45) is 2.75. The van der Waals surface area contributed by atoms with Crippen molar-refractivity contribution < 1.29 is 9.53 Å². The lowest BCUT2D eigenvalue weighted by molar-refractivity contribution is 0.0937. The molecule has 0 bridgehead atoms. The number of nitrogens with one attached hydrogen (secondary N) is 1. The van der Waals surface area contributed by atoms with Crippen LogP contribution in [0.3, 0.4) is 0 Å². The van der Waals surface area contributed by atoms with Gasteiger partial charge in [0.15, 0.2) is 0 Å². The van der Waals surface area contributed by atoms with Crippen LogP contribution in [0.1, 0.15) is 16.9 Å². The van der Waals surface area contributed by atoms with E-state index < -0.39 is 0 Å². The van der Waals surface area contributed by atoms with Crippen LogP contribution in [0, 0.1) is 5.92 Å². The highest BCUT2D eigenvalue weighted by Crippen LogP contribution is 2.20. The number of fused-ring (bicyclic) bond motifs is 1. The van der Waals surface area contributed by atoms with E-state index in [9.17, 15) is 4.79 Å². The van der Waals surface area contributed by atoms with Gasteiger partial charge in [0.25, 0.3) is 5.91 Å². The molecule has 0 aromatic carbocycles. The molecule has 20 heavy (non-hydrogen) atoms. The summed E-state index contributed by atoms with van der Waals surface area (Å²) in [6.45, 7) is 2.20. The van der Waals surface area contributed by atoms with Gasteiger partial charge < -0.3 is 14.6 Å². The molecule has 0 spiro atoms. The van der Waals surface area contributed by atoms with Crippen LogP contribution in [-0.2, 0) is 11.8 Å². The third-order valence-electron chi connectivity index (χ3n) is 3.64. The van der Waals surface area contributed by atoms with E-state index in [2.05, 4.69) is 26.2 Å². The van der Waals surface area contributed by atoms with Crippen LogP contribution in [0.4, 0.5) is 0 Å². The number of carbonyl (C=O) groups excluding carboxylic acids is 1. The molecule has 0 aliphatic carbocycles. The van der Waals surface area contributed by atoms with Gasteiger partial charge in [0.05, 0.1) is 6.61 Å². The second-order valence-electron chi connectivity index (χ2n) is 5.09. The number of pyridine rings is 1. The molecule has 5 nitrogen and oxygen atoms in total. The summed E-state index contributed by atoms with van der Waals surface area (Å²) < 4.78 is 8.04. The van der Waals surface area contributed by atoms with Gasteiger partial charge in [-0.15, -0.1) is 0 Å². The molecule has 1 N–H and O–H groups in total. The van der Waals surface area contributed by atoms with E-state index >= 15 is 0 Å². The SMILES string of the molecule is Cn1c(C(=O)NCC2CCOC2)cc2cc(Br)cnc21. The Kier molecular flexibility index (Phi) is 3.76. The van der Waals surface area contributed by atoms with E-state index in [0.29, 0.717) is 18.2 Å². The van der Waals surface area contributed by atoms with Crippen LogP contribution in [0.2, 0.25) is 0 Å². The predicted molar refractivity (Wildman–Crippen MR) is 79.7 cm³/mol. The second kappa shape index (κ2) is 5.54. The van der Waals surface area contributed by atoms with Crippen molar-refractivity contribution in [1.82, 2.24) is 14.9 Å². The molecule has 2 aromatic rings. The maximum atomic E-state index is 12.3. The average Bonchev–Trinajstić information content (AvgIpc) is 3.04. The number of aromatic nitrogens is 2. The molecule has 3 heterocycles. The molecule has 1 fully saturated rings. The predicted octanol–water partition coefficient (Wildman–Crippen LogP) is 2.10. The second-order valence-corrected chi connectivity index (χ2v) is 6.01. The van der Waals surface area contributed by atoms with Crippen LogP contribution >= 0.6 is 15.9 Å². The topological polar surface area (TPSA) is 56.2 Å². The summed E-state index contributed by atoms with van der Waals surface area (Å²) in [5.74, 6) is 0.370. The van der Waals surface area contributed by atoms with Crippen molar-refractivity contribution >= 4 is 32.9 Å². The highest BCUT2D eigenvalue weighted by molar-refractivity contribution is 9.10. The minimum atomic E-state index is -0.0616. The molecule has 0 radical (unpaired) electrons. The quantitative estimate of drug-likeness (QED) is 0.933. The standard InChI is InChI=1S/C14H16BrN3O2/c1-18-12(5-10-4-11(15)7-16-13(10)18)14(19)17-6-9-2-3-20-8-9/h4-5,7,9H,2-3,6,8H2,1H3,(H,17,19). The monoisotopic (exact) mass is 337 g/mol. The fourth-order valence-corrected chi connectivity index (χ4v) is 2.83. The molecule has 1 atom stereocenters. The fraction of sp³-hybridized carbons (Fsp3) is 0.429. The summed E-state index contributed by atoms with van der Waals surface area (Å²) in [5.41, 5.74) is 1.44. The normalized spacial score (nSPS) is 18.6. The third kappa shape index (κ3) is 2.58. The largest absolute Gasteiger partial charge is 0.381 e. The van der Waals surface area contributed by atoms with Crippen molar-refractivity contribution in [2.45, 2.75) is 6.42 Å². The van der Waals surface area contributed by atoms with Gasteiger partial charge >= 0.3 is 0 Å². The van der Waals surface area contributed by atoms with Crippen LogP contribution in [0.25, 0.3) is 11.0 Å². The molecule has 106 valence electrons. The molecular weight excluding hydrogens is 322 g/mol. The number of halogens is 1. The third-order valence-corrected chi connectivity index (χ3v) is 4.07. The van der Waals surface area contributed by atoms with Crippen molar-refractivity contribution in [1.29, 1.82) is 0 Å². The Hall–Kier alpha value is -1.40. The smallest absolute Gasteiger partial charge is 0.267 e. The summed E-state index contributed by atoms with van der Waals surface area (Å²) in [5, 5.41) is 3.93. The van der Waals surface area contributed by atoms with E-state index in [1.54, 1.807) is 6.20 Å². The number of hydrogen-bond donors (Lipinski definition) is 1. The van der Waals surface area contributed by atoms with Crippen molar-refractivity contribution in [3.8, 4) is 0 Å². The Balaban J connectivity index is 1.78. The number of nitrogens with zero attached hydrogens (tertiary/aromatic N) is 2. The first-order chi connectivity index (χ1) is 9.65. The Morgan fingerprint density at radius 3 is 3.20 bits per heavy atom. The fourth-order valence-electron chi connectivity index (χ4n) is 2.48. The zero-order valence-electron chi connectivity index (χ0n) is 11.2. The van der Waals surface area contributed by atoms with Gasteiger partial charge in [-0.3, -0.25) is 4.79 Å². The molecule has 1 unspecified atom stereocenters. The van der Waals surface area contributed by atoms with E-state index in [0.717, 1.165) is 35.1 Å². The van der Waals surface area contributed by atoms with Gasteiger partial charge in [-0.1, -0.05) is 0 Å². The zero-order chi connectivity index (χ0) is 14.1. The van der Waals surface area contributed by atoms with E-state index in [4.69, 9.17) is 4.74 Å². The first-order valence-electron chi connectivity index (χ1n) is 6.62. The molecule has 0 saturated carbocycles. The van der Waals surface area contributed by atoms with Crippen LogP contribution < -0.4 is 5.32 Å². The summed E-state index contributed by atoms with van der Waals surface area (Å²) in [4.78, 5) is 16.6. The molecule has 2 aromatic heterocycles. The molecule has 1 aliphatic rings. The first kappa shape index (κ1) is 13.6. The molecule has 1 aliphatic heterocycles. The Labute approximate surface area is 125 Å². The molecule has 1 amide bonds. The van der Waals surface area contributed by atoms with E-state index in [-0.39, 0.29) is 5.91 Å². The Morgan fingerprint density at radius 2 is 2.45 bits per heavy atom. The molecular formula is C14H16BrN3O2. The number of amides is 1. The van der Waals surface area contributed by atoms with Gasteiger partial charge in [-0.25, -0.2) is 4.98 Å². The summed E-state index contributed by atoms with van der Waals surface area (Å²) >= 11 is 3.39. The van der Waals surface area contributed by atoms with Crippen LogP contribution in [0.15, 0.2) is 22.8 Å². The zero-order valence-corrected chi connectivity index (χ0v) is 12.8. The number of aryl methyl sites for hydroxylation is 1. The van der Waals surface area contributed by atoms with E-state index in [1.807, 2.05) is 23.7 Å². The highest BCUT2D eigenvalue weighted by Gasteiger charge is 2.19. The van der Waals surface area contributed by atoms with Crippen molar-refractivity contribution in [3.63, 3.8) is 0 Å². The maximum absolute atomic E-state index is 12.3. The highest BCUT2D eigenvalue weighted by atomic mass is 79.9. The van der Waals surface area contributed by atoms with Crippen molar-refractivity contribution in [2.24, 2.45) is 13.0 Å². The van der Waals surface area contributed by atoms with Crippen LogP contribution in [-0.4, -0.2) is 35.2 Å². The Morgan fingerprint density at radius 1 is 1.60 bits per heavy atom. The van der Waals surface area contributed by atoms with Gasteiger partial charge in [-0.2, -0.15) is 0 Å². The summed E-state index contributed by atoms with van der Waals surface area (Å²) in [7, 11) is 1.86. The van der Waals surface area contributed by atoms with Gasteiger partial charge in [0.2, 0.25) is 0 Å². The molecule has 6 heteroatoms. The van der Waals surface area contributed by atoms with Gasteiger partial charge in [0.1, 0.15) is 11.3 Å². The lowest BCUT2D eigenvalue weighted by atomic mass is 10.1. The lowest BCUT2D eigenvalue weighted by Gasteiger charge is -2.09. The van der Waals surface area contributed by atoms with Crippen molar-refractivity contribution in [2.75, 3.05) is 19.8 Å². The van der Waals surface area contributed by atoms with Gasteiger partial charge in [0, 0.05) is 42.2 Å². The number of ether oxygens (including phenoxy) is 1. The van der Waals surface area contributed by atoms with E-state index in [1.165, 1.54) is 0 Å². The minimum absolute atomic E-state index is 0.0616. The molecule has 3 rings (SSSR count). The average molecular weight is 338 g/mol. The Bertz CT molecular complexity index is 647. The maximum Gasteiger partial charge on any atom is 0.267 e. The summed E-state index contributed by atoms with van der Waals surface area (Å²) in [6, 6.07) is 3.83. The van der Waals surface area contributed by atoms with Gasteiger partial charge in [-0.05, 0) is 34.5 Å². The number of carbonyl (C=O) groups is 1. The number of rotatable bonds is 3. The van der Waals surface area contributed by atoms with Crippen molar-refractivity contribution in [3.05, 3.63) is 28.5 Å². The lowest BCUT2D eigenvalue weighted by Crippen LogP contribution is -2.30.